The third-order valence-corrected chi connectivity index (χ3v) is 5.95. The van der Waals surface area contributed by atoms with E-state index in [1.54, 1.807) is 6.07 Å². The number of ether oxygens (including phenoxy) is 1. The molecule has 2 atom stereocenters. The smallest absolute Gasteiger partial charge is 0.119 e. The Kier molecular flexibility index (Phi) is 9.40. The normalized spacial score (nSPS) is 16.6. The zero-order valence-corrected chi connectivity index (χ0v) is 18.2. The fraction of sp³-hybridized carbons (Fsp3) is 0.538. The number of hydrogen-bond acceptors (Lipinski definition) is 2. The number of benzene rings is 2. The van der Waals surface area contributed by atoms with Crippen LogP contribution in [-0.2, 0) is 0 Å². The summed E-state index contributed by atoms with van der Waals surface area (Å²) in [7, 11) is 0. The van der Waals surface area contributed by atoms with Crippen LogP contribution < -0.4 is 4.74 Å². The molecule has 1 aliphatic carbocycles. The highest BCUT2D eigenvalue weighted by atomic mass is 16.5. The van der Waals surface area contributed by atoms with Crippen molar-refractivity contribution in [3.63, 3.8) is 0 Å². The van der Waals surface area contributed by atoms with E-state index in [0.29, 0.717) is 23.7 Å². The fourth-order valence-electron chi connectivity index (χ4n) is 3.57. The fourth-order valence-corrected chi connectivity index (χ4v) is 3.57. The Bertz CT molecular complexity index is 695. The molecule has 0 saturated heterocycles. The Hall–Kier alpha value is -1.96. The van der Waals surface area contributed by atoms with Gasteiger partial charge in [-0.05, 0) is 85.8 Å². The highest BCUT2D eigenvalue weighted by Gasteiger charge is 2.15. The van der Waals surface area contributed by atoms with Crippen LogP contribution in [0.25, 0.3) is 0 Å². The number of aromatic hydroxyl groups is 1. The molecular weight excluding hydrogens is 344 g/mol. The highest BCUT2D eigenvalue weighted by Crippen LogP contribution is 2.27. The van der Waals surface area contributed by atoms with Crippen LogP contribution in [0.3, 0.4) is 0 Å². The second kappa shape index (κ2) is 11.8. The molecule has 28 heavy (non-hydrogen) atoms. The van der Waals surface area contributed by atoms with Crippen LogP contribution in [0.5, 0.6) is 11.5 Å². The molecule has 1 N–H and O–H groups in total. The van der Waals surface area contributed by atoms with Crippen LogP contribution >= 0.6 is 0 Å². The van der Waals surface area contributed by atoms with Gasteiger partial charge in [-0.1, -0.05) is 58.4 Å². The standard InChI is InChI=1S/C16H24O.C10H14O.H2/c1-3-13(2)14-8-7-11-16(12-14)17-15-9-5-4-6-10-15;1-3-8(2)9-5-4-6-10(11)7-9;/h7-8,11-13,15H,3-6,9-10H2,1-2H3;4-8,11H,3H2,1-2H3;1H. The van der Waals surface area contributed by atoms with Gasteiger partial charge in [-0.3, -0.25) is 0 Å². The minimum Gasteiger partial charge on any atom is -0.508 e. The lowest BCUT2D eigenvalue weighted by Crippen LogP contribution is -2.19. The summed E-state index contributed by atoms with van der Waals surface area (Å²) in [5.74, 6) is 2.60. The number of rotatable bonds is 6. The Morgan fingerprint density at radius 3 is 2.04 bits per heavy atom. The Morgan fingerprint density at radius 2 is 1.46 bits per heavy atom. The first-order valence-electron chi connectivity index (χ1n) is 11.1. The van der Waals surface area contributed by atoms with E-state index in [9.17, 15) is 0 Å². The molecule has 156 valence electrons. The van der Waals surface area contributed by atoms with Crippen LogP contribution in [0, 0.1) is 0 Å². The third kappa shape index (κ3) is 7.22. The quantitative estimate of drug-likeness (QED) is 0.545. The lowest BCUT2D eigenvalue weighted by molar-refractivity contribution is 0.155. The molecule has 0 aliphatic heterocycles. The van der Waals surface area contributed by atoms with Gasteiger partial charge in [-0.25, -0.2) is 0 Å². The van der Waals surface area contributed by atoms with Crippen molar-refractivity contribution in [1.82, 2.24) is 0 Å². The van der Waals surface area contributed by atoms with Crippen molar-refractivity contribution >= 4 is 0 Å². The van der Waals surface area contributed by atoms with Crippen LogP contribution in [-0.4, -0.2) is 11.2 Å². The summed E-state index contributed by atoms with van der Waals surface area (Å²) in [6.07, 6.45) is 9.26. The maximum Gasteiger partial charge on any atom is 0.119 e. The average Bonchev–Trinajstić information content (AvgIpc) is 2.74. The monoisotopic (exact) mass is 384 g/mol. The number of phenols is 1. The van der Waals surface area contributed by atoms with E-state index in [0.717, 1.165) is 12.2 Å². The lowest BCUT2D eigenvalue weighted by Gasteiger charge is -2.23. The summed E-state index contributed by atoms with van der Waals surface area (Å²) in [5, 5.41) is 9.16. The summed E-state index contributed by atoms with van der Waals surface area (Å²) in [6.45, 7) is 8.82. The van der Waals surface area contributed by atoms with Gasteiger partial charge < -0.3 is 9.84 Å². The average molecular weight is 385 g/mol. The Labute approximate surface area is 173 Å². The Morgan fingerprint density at radius 1 is 0.893 bits per heavy atom. The van der Waals surface area contributed by atoms with E-state index in [1.165, 1.54) is 49.7 Å². The van der Waals surface area contributed by atoms with E-state index in [-0.39, 0.29) is 1.43 Å². The van der Waals surface area contributed by atoms with Gasteiger partial charge in [-0.15, -0.1) is 0 Å². The summed E-state index contributed by atoms with van der Waals surface area (Å²) in [4.78, 5) is 0. The van der Waals surface area contributed by atoms with Crippen LogP contribution in [0.4, 0.5) is 0 Å². The highest BCUT2D eigenvalue weighted by molar-refractivity contribution is 5.31. The van der Waals surface area contributed by atoms with Gasteiger partial charge in [-0.2, -0.15) is 0 Å². The van der Waals surface area contributed by atoms with Crippen molar-refractivity contribution in [2.45, 2.75) is 90.6 Å². The molecule has 2 heteroatoms. The Balaban J connectivity index is 0.000000306. The van der Waals surface area contributed by atoms with Gasteiger partial charge in [0.2, 0.25) is 0 Å². The molecule has 1 saturated carbocycles. The van der Waals surface area contributed by atoms with Crippen molar-refractivity contribution < 1.29 is 11.3 Å². The zero-order valence-electron chi connectivity index (χ0n) is 18.2. The molecule has 2 aromatic carbocycles. The first-order chi connectivity index (χ1) is 13.5. The molecule has 3 rings (SSSR count). The molecular formula is C26H40O2. The number of phenolic OH excluding ortho intramolecular Hbond substituents is 1. The molecule has 2 unspecified atom stereocenters. The molecule has 2 nitrogen and oxygen atoms in total. The minimum absolute atomic E-state index is 0. The maximum atomic E-state index is 9.16. The first-order valence-corrected chi connectivity index (χ1v) is 11.1. The summed E-state index contributed by atoms with van der Waals surface area (Å²) < 4.78 is 6.09. The SMILES string of the molecule is CCC(C)c1cccc(O)c1.CCC(C)c1cccc(OC2CCCCC2)c1.[HH]. The van der Waals surface area contributed by atoms with Crippen molar-refractivity contribution in [3.8, 4) is 11.5 Å². The second-order valence-electron chi connectivity index (χ2n) is 8.16. The third-order valence-electron chi connectivity index (χ3n) is 5.95. The lowest BCUT2D eigenvalue weighted by atomic mass is 9.97. The zero-order chi connectivity index (χ0) is 20.4. The van der Waals surface area contributed by atoms with Gasteiger partial charge in [0.1, 0.15) is 11.5 Å². The van der Waals surface area contributed by atoms with E-state index in [4.69, 9.17) is 9.84 Å². The first kappa shape index (κ1) is 22.3. The van der Waals surface area contributed by atoms with Crippen molar-refractivity contribution in [1.29, 1.82) is 0 Å². The van der Waals surface area contributed by atoms with E-state index in [1.807, 2.05) is 18.2 Å². The molecule has 1 aliphatic rings. The van der Waals surface area contributed by atoms with Gasteiger partial charge >= 0.3 is 0 Å². The van der Waals surface area contributed by atoms with Crippen molar-refractivity contribution in [2.24, 2.45) is 0 Å². The number of hydrogen-bond donors (Lipinski definition) is 1. The van der Waals surface area contributed by atoms with Crippen LogP contribution in [0.1, 0.15) is 97.0 Å². The van der Waals surface area contributed by atoms with E-state index >= 15 is 0 Å². The van der Waals surface area contributed by atoms with E-state index in [2.05, 4.69) is 52.0 Å². The van der Waals surface area contributed by atoms with Gasteiger partial charge in [0.25, 0.3) is 0 Å². The molecule has 2 aromatic rings. The molecule has 0 aromatic heterocycles. The second-order valence-corrected chi connectivity index (χ2v) is 8.16. The molecule has 0 amide bonds. The van der Waals surface area contributed by atoms with Gasteiger partial charge in [0, 0.05) is 1.43 Å². The molecule has 1 fully saturated rings. The van der Waals surface area contributed by atoms with Crippen molar-refractivity contribution in [2.75, 3.05) is 0 Å². The van der Waals surface area contributed by atoms with Gasteiger partial charge in [0.15, 0.2) is 0 Å². The summed E-state index contributed by atoms with van der Waals surface area (Å²) >= 11 is 0. The van der Waals surface area contributed by atoms with Gasteiger partial charge in [0.05, 0.1) is 6.10 Å². The largest absolute Gasteiger partial charge is 0.508 e. The topological polar surface area (TPSA) is 29.5 Å². The van der Waals surface area contributed by atoms with E-state index < -0.39 is 0 Å². The predicted molar refractivity (Wildman–Crippen MR) is 122 cm³/mol. The predicted octanol–water partition coefficient (Wildman–Crippen LogP) is 8.06. The maximum absolute atomic E-state index is 9.16. The minimum atomic E-state index is 0. The van der Waals surface area contributed by atoms with Crippen LogP contribution in [0.2, 0.25) is 0 Å². The summed E-state index contributed by atoms with van der Waals surface area (Å²) in [6, 6.07) is 16.1. The summed E-state index contributed by atoms with van der Waals surface area (Å²) in [5.41, 5.74) is 2.62. The molecule has 0 bridgehead atoms. The molecule has 0 heterocycles. The molecule has 0 spiro atoms. The molecule has 0 radical (unpaired) electrons. The van der Waals surface area contributed by atoms with Crippen LogP contribution in [0.15, 0.2) is 48.5 Å². The van der Waals surface area contributed by atoms with Crippen molar-refractivity contribution in [3.05, 3.63) is 59.7 Å².